The van der Waals surface area contributed by atoms with Gasteiger partial charge in [0.2, 0.25) is 0 Å². The standard InChI is InChI=1S/C28H29Cl2FN4O3/c1-3-27(37,17-8-10-32-11-9-17)19-12-22-25(23(31)13-19)28(38-2,18-4-6-20(29)7-5-18)35(26(22)36)16-24-33-14-21(30)15-34-24/h4-7,12-15,17,32,37H,3,8-11,16H2,1-2H3/t27?,28-/m1/s1. The van der Waals surface area contributed by atoms with Crippen LogP contribution < -0.4 is 5.32 Å². The number of halogens is 3. The first kappa shape index (κ1) is 27.0. The van der Waals surface area contributed by atoms with Crippen molar-refractivity contribution in [1.82, 2.24) is 20.2 Å². The molecule has 1 aromatic heterocycles. The Morgan fingerprint density at radius 2 is 1.82 bits per heavy atom. The topological polar surface area (TPSA) is 87.6 Å². The number of piperidine rings is 1. The number of carbonyl (C=O) groups is 1. The molecule has 1 saturated heterocycles. The molecule has 3 heterocycles. The van der Waals surface area contributed by atoms with Crippen molar-refractivity contribution >= 4 is 29.1 Å². The Hall–Kier alpha value is -2.62. The van der Waals surface area contributed by atoms with Crippen LogP contribution in [0.5, 0.6) is 0 Å². The molecule has 0 bridgehead atoms. The number of hydrogen-bond acceptors (Lipinski definition) is 6. The van der Waals surface area contributed by atoms with Crippen molar-refractivity contribution in [2.75, 3.05) is 20.2 Å². The highest BCUT2D eigenvalue weighted by atomic mass is 35.5. The molecular formula is C28H29Cl2FN4O3. The SMILES string of the molecule is CCC(O)(c1cc(F)c2c(c1)C(=O)N(Cc1ncc(Cl)cn1)[C@@]2(OC)c1ccc(Cl)cc1)C1CCNCC1. The molecule has 2 aliphatic rings. The molecule has 0 aliphatic carbocycles. The molecule has 0 spiro atoms. The van der Waals surface area contributed by atoms with Gasteiger partial charge in [0, 0.05) is 30.1 Å². The maximum atomic E-state index is 16.3. The molecule has 1 fully saturated rings. The van der Waals surface area contributed by atoms with Gasteiger partial charge in [0.25, 0.3) is 5.91 Å². The third-order valence-corrected chi connectivity index (χ3v) is 8.29. The molecule has 38 heavy (non-hydrogen) atoms. The Morgan fingerprint density at radius 3 is 2.42 bits per heavy atom. The van der Waals surface area contributed by atoms with Gasteiger partial charge in [-0.05, 0) is 68.1 Å². The van der Waals surface area contributed by atoms with Crippen molar-refractivity contribution in [2.45, 2.75) is 44.1 Å². The minimum atomic E-state index is -1.61. The Kier molecular flexibility index (Phi) is 7.46. The predicted octanol–water partition coefficient (Wildman–Crippen LogP) is 5.02. The lowest BCUT2D eigenvalue weighted by Gasteiger charge is -2.39. The van der Waals surface area contributed by atoms with Crippen LogP contribution in [-0.2, 0) is 22.6 Å². The van der Waals surface area contributed by atoms with E-state index >= 15 is 4.39 Å². The van der Waals surface area contributed by atoms with Crippen molar-refractivity contribution in [2.24, 2.45) is 5.92 Å². The number of nitrogens with zero attached hydrogens (tertiary/aromatic N) is 3. The molecule has 0 saturated carbocycles. The lowest BCUT2D eigenvalue weighted by Crippen LogP contribution is -2.46. The van der Waals surface area contributed by atoms with E-state index in [0.717, 1.165) is 25.9 Å². The molecule has 2 atom stereocenters. The van der Waals surface area contributed by atoms with Crippen LogP contribution in [-0.4, -0.2) is 46.1 Å². The van der Waals surface area contributed by atoms with Gasteiger partial charge in [-0.3, -0.25) is 9.69 Å². The first-order valence-corrected chi connectivity index (χ1v) is 13.4. The lowest BCUT2D eigenvalue weighted by atomic mass is 9.74. The zero-order chi connectivity index (χ0) is 27.1. The predicted molar refractivity (Wildman–Crippen MR) is 142 cm³/mol. The van der Waals surface area contributed by atoms with Crippen LogP contribution in [0.15, 0.2) is 48.8 Å². The molecule has 3 aromatic rings. The summed E-state index contributed by atoms with van der Waals surface area (Å²) in [5.74, 6) is -0.848. The zero-order valence-electron chi connectivity index (χ0n) is 21.2. The summed E-state index contributed by atoms with van der Waals surface area (Å²) < 4.78 is 22.4. The molecule has 2 aromatic carbocycles. The van der Waals surface area contributed by atoms with E-state index in [2.05, 4.69) is 15.3 Å². The summed E-state index contributed by atoms with van der Waals surface area (Å²) in [5, 5.41) is 16.0. The highest BCUT2D eigenvalue weighted by Gasteiger charge is 2.54. The Morgan fingerprint density at radius 1 is 1.16 bits per heavy atom. The quantitative estimate of drug-likeness (QED) is 0.423. The third-order valence-electron chi connectivity index (χ3n) is 7.84. The number of aromatic nitrogens is 2. The number of methoxy groups -OCH3 is 1. The van der Waals surface area contributed by atoms with E-state index in [1.54, 1.807) is 30.3 Å². The van der Waals surface area contributed by atoms with Gasteiger partial charge in [0.05, 0.1) is 28.3 Å². The van der Waals surface area contributed by atoms with Gasteiger partial charge in [0.15, 0.2) is 5.72 Å². The van der Waals surface area contributed by atoms with E-state index in [-0.39, 0.29) is 23.6 Å². The maximum Gasteiger partial charge on any atom is 0.257 e. The Labute approximate surface area is 231 Å². The molecule has 2 N–H and O–H groups in total. The van der Waals surface area contributed by atoms with Crippen LogP contribution in [0.3, 0.4) is 0 Å². The van der Waals surface area contributed by atoms with Crippen molar-refractivity contribution in [1.29, 1.82) is 0 Å². The fraction of sp³-hybridized carbons (Fsp3) is 0.393. The number of benzene rings is 2. The van der Waals surface area contributed by atoms with Crippen molar-refractivity contribution < 1.29 is 19.0 Å². The van der Waals surface area contributed by atoms with E-state index in [4.69, 9.17) is 27.9 Å². The first-order valence-electron chi connectivity index (χ1n) is 12.6. The number of nitrogens with one attached hydrogen (secondary N) is 1. The summed E-state index contributed by atoms with van der Waals surface area (Å²) in [6.07, 6.45) is 4.77. The summed E-state index contributed by atoms with van der Waals surface area (Å²) in [7, 11) is 1.43. The average Bonchev–Trinajstić information content (AvgIpc) is 3.18. The smallest absolute Gasteiger partial charge is 0.257 e. The number of ether oxygens (including phenoxy) is 1. The largest absolute Gasteiger partial charge is 0.385 e. The molecular weight excluding hydrogens is 530 g/mol. The van der Waals surface area contributed by atoms with Gasteiger partial charge >= 0.3 is 0 Å². The number of hydrogen-bond donors (Lipinski definition) is 2. The molecule has 200 valence electrons. The normalized spacial score (nSPS) is 21.4. The number of rotatable bonds is 7. The fourth-order valence-corrected chi connectivity index (χ4v) is 6.10. The van der Waals surface area contributed by atoms with Crippen molar-refractivity contribution in [3.05, 3.63) is 92.7 Å². The van der Waals surface area contributed by atoms with Crippen molar-refractivity contribution in [3.63, 3.8) is 0 Å². The van der Waals surface area contributed by atoms with Gasteiger partial charge in [-0.2, -0.15) is 0 Å². The Bertz CT molecular complexity index is 1340. The summed E-state index contributed by atoms with van der Waals surface area (Å²) in [5.41, 5.74) is -1.77. The minimum Gasteiger partial charge on any atom is -0.385 e. The second-order valence-corrected chi connectivity index (χ2v) is 10.6. The maximum absolute atomic E-state index is 16.3. The minimum absolute atomic E-state index is 0.0651. The third kappa shape index (κ3) is 4.38. The van der Waals surface area contributed by atoms with E-state index in [9.17, 15) is 9.90 Å². The average molecular weight is 559 g/mol. The molecule has 7 nitrogen and oxygen atoms in total. The highest BCUT2D eigenvalue weighted by molar-refractivity contribution is 6.30. The van der Waals surface area contributed by atoms with Gasteiger partial charge < -0.3 is 15.2 Å². The monoisotopic (exact) mass is 558 g/mol. The van der Waals surface area contributed by atoms with Gasteiger partial charge in [-0.15, -0.1) is 0 Å². The van der Waals surface area contributed by atoms with Crippen LogP contribution in [0, 0.1) is 11.7 Å². The molecule has 5 rings (SSSR count). The summed E-state index contributed by atoms with van der Waals surface area (Å²) in [6.45, 7) is 3.36. The van der Waals surface area contributed by atoms with E-state index in [1.807, 2.05) is 6.92 Å². The lowest BCUT2D eigenvalue weighted by molar-refractivity contribution is -0.0890. The van der Waals surface area contributed by atoms with Crippen LogP contribution in [0.2, 0.25) is 10.0 Å². The number of amides is 1. The molecule has 1 unspecified atom stereocenters. The summed E-state index contributed by atoms with van der Waals surface area (Å²) >= 11 is 12.1. The van der Waals surface area contributed by atoms with E-state index < -0.39 is 23.1 Å². The zero-order valence-corrected chi connectivity index (χ0v) is 22.7. The van der Waals surface area contributed by atoms with Crippen LogP contribution in [0.25, 0.3) is 0 Å². The van der Waals surface area contributed by atoms with Gasteiger partial charge in [-0.1, -0.05) is 42.3 Å². The molecule has 0 radical (unpaired) electrons. The Balaban J connectivity index is 1.69. The second kappa shape index (κ2) is 10.5. The van der Waals surface area contributed by atoms with Crippen molar-refractivity contribution in [3.8, 4) is 0 Å². The van der Waals surface area contributed by atoms with Crippen LogP contribution >= 0.6 is 23.2 Å². The highest BCUT2D eigenvalue weighted by Crippen LogP contribution is 2.49. The van der Waals surface area contributed by atoms with Crippen LogP contribution in [0.1, 0.15) is 59.1 Å². The molecule has 10 heteroatoms. The number of fused-ring (bicyclic) bond motifs is 1. The summed E-state index contributed by atoms with van der Waals surface area (Å²) in [4.78, 5) is 24.0. The van der Waals surface area contributed by atoms with Crippen LogP contribution in [0.4, 0.5) is 4.39 Å². The van der Waals surface area contributed by atoms with Gasteiger partial charge in [-0.25, -0.2) is 14.4 Å². The number of carbonyl (C=O) groups excluding carboxylic acids is 1. The second-order valence-electron chi connectivity index (χ2n) is 9.75. The molecule has 1 amide bonds. The first-order chi connectivity index (χ1) is 18.2. The van der Waals surface area contributed by atoms with E-state index in [0.29, 0.717) is 33.4 Å². The molecule has 2 aliphatic heterocycles. The van der Waals surface area contributed by atoms with Gasteiger partial charge in [0.1, 0.15) is 11.6 Å². The summed E-state index contributed by atoms with van der Waals surface area (Å²) in [6, 6.07) is 9.71. The number of aliphatic hydroxyl groups is 1. The van der Waals surface area contributed by atoms with E-state index in [1.165, 1.54) is 30.5 Å². The fourth-order valence-electron chi connectivity index (χ4n) is 5.87.